The fraction of sp³-hybridized carbons (Fsp3) is 0.571. The zero-order chi connectivity index (χ0) is 13.1. The van der Waals surface area contributed by atoms with E-state index in [1.165, 1.54) is 0 Å². The van der Waals surface area contributed by atoms with E-state index in [0.717, 1.165) is 18.5 Å². The van der Waals surface area contributed by atoms with Crippen LogP contribution in [0.1, 0.15) is 25.8 Å². The van der Waals surface area contributed by atoms with Crippen molar-refractivity contribution in [2.24, 2.45) is 5.92 Å². The van der Waals surface area contributed by atoms with Crippen LogP contribution in [0, 0.1) is 12.8 Å². The van der Waals surface area contributed by atoms with Crippen molar-refractivity contribution in [3.63, 3.8) is 0 Å². The van der Waals surface area contributed by atoms with Crippen molar-refractivity contribution in [3.05, 3.63) is 23.9 Å². The van der Waals surface area contributed by atoms with Crippen molar-refractivity contribution >= 4 is 5.91 Å². The molecule has 1 unspecified atom stereocenters. The highest BCUT2D eigenvalue weighted by Gasteiger charge is 2.28. The molecule has 0 N–H and O–H groups in total. The summed E-state index contributed by atoms with van der Waals surface area (Å²) in [6, 6.07) is 3.86. The van der Waals surface area contributed by atoms with Gasteiger partial charge in [-0.1, -0.05) is 19.9 Å². The molecule has 1 aliphatic heterocycles. The fourth-order valence-electron chi connectivity index (χ4n) is 2.08. The highest BCUT2D eigenvalue weighted by molar-refractivity contribution is 5.78. The third kappa shape index (κ3) is 3.00. The summed E-state index contributed by atoms with van der Waals surface area (Å²) in [5, 5.41) is 0. The average Bonchev–Trinajstić information content (AvgIpc) is 2.79. The van der Waals surface area contributed by atoms with Crippen LogP contribution in [-0.4, -0.2) is 35.0 Å². The Balaban J connectivity index is 1.90. The summed E-state index contributed by atoms with van der Waals surface area (Å²) in [7, 11) is 0. The smallest absolute Gasteiger partial charge is 0.225 e. The van der Waals surface area contributed by atoms with Gasteiger partial charge in [0, 0.05) is 31.1 Å². The maximum absolute atomic E-state index is 11.8. The van der Waals surface area contributed by atoms with Crippen molar-refractivity contribution in [3.8, 4) is 5.88 Å². The third-order valence-corrected chi connectivity index (χ3v) is 3.12. The molecule has 1 atom stereocenters. The molecule has 2 heterocycles. The minimum atomic E-state index is 0.0567. The number of likely N-dealkylation sites (tertiary alicyclic amines) is 1. The molecular formula is C14H20N2O2. The van der Waals surface area contributed by atoms with Crippen LogP contribution in [0.25, 0.3) is 0 Å². The molecule has 1 aliphatic rings. The number of hydrogen-bond acceptors (Lipinski definition) is 3. The van der Waals surface area contributed by atoms with Crippen LogP contribution < -0.4 is 4.74 Å². The topological polar surface area (TPSA) is 42.4 Å². The Morgan fingerprint density at radius 2 is 2.28 bits per heavy atom. The van der Waals surface area contributed by atoms with E-state index in [9.17, 15) is 4.79 Å². The van der Waals surface area contributed by atoms with Crippen molar-refractivity contribution in [2.45, 2.75) is 33.3 Å². The highest BCUT2D eigenvalue weighted by atomic mass is 16.5. The normalized spacial score (nSPS) is 19.3. The largest absolute Gasteiger partial charge is 0.472 e. The lowest BCUT2D eigenvalue weighted by molar-refractivity contribution is -0.133. The number of carbonyl (C=O) groups excluding carboxylic acids is 1. The van der Waals surface area contributed by atoms with Crippen LogP contribution >= 0.6 is 0 Å². The van der Waals surface area contributed by atoms with Gasteiger partial charge in [0.1, 0.15) is 6.10 Å². The summed E-state index contributed by atoms with van der Waals surface area (Å²) in [5.41, 5.74) is 1.12. The number of amides is 1. The first-order chi connectivity index (χ1) is 8.56. The average molecular weight is 248 g/mol. The number of ether oxygens (including phenoxy) is 1. The van der Waals surface area contributed by atoms with Gasteiger partial charge in [0.25, 0.3) is 0 Å². The molecule has 0 saturated carbocycles. The first kappa shape index (κ1) is 12.9. The molecule has 0 bridgehead atoms. The minimum Gasteiger partial charge on any atom is -0.472 e. The second-order valence-electron chi connectivity index (χ2n) is 5.14. The van der Waals surface area contributed by atoms with E-state index in [0.29, 0.717) is 12.4 Å². The van der Waals surface area contributed by atoms with Gasteiger partial charge < -0.3 is 9.64 Å². The van der Waals surface area contributed by atoms with Crippen LogP contribution in [0.4, 0.5) is 0 Å². The van der Waals surface area contributed by atoms with E-state index in [1.807, 2.05) is 37.8 Å². The molecule has 1 fully saturated rings. The van der Waals surface area contributed by atoms with Gasteiger partial charge in [-0.25, -0.2) is 4.98 Å². The molecule has 98 valence electrons. The molecule has 0 radical (unpaired) electrons. The highest BCUT2D eigenvalue weighted by Crippen LogP contribution is 2.18. The van der Waals surface area contributed by atoms with Crippen LogP contribution in [0.2, 0.25) is 0 Å². The van der Waals surface area contributed by atoms with Crippen molar-refractivity contribution < 1.29 is 9.53 Å². The number of pyridine rings is 1. The van der Waals surface area contributed by atoms with Gasteiger partial charge in [-0.3, -0.25) is 4.79 Å². The Bertz CT molecular complexity index is 414. The Morgan fingerprint density at radius 3 is 2.89 bits per heavy atom. The van der Waals surface area contributed by atoms with Gasteiger partial charge in [-0.05, 0) is 12.5 Å². The van der Waals surface area contributed by atoms with Gasteiger partial charge >= 0.3 is 0 Å². The molecule has 2 rings (SSSR count). The number of aryl methyl sites for hydroxylation is 1. The molecule has 1 aromatic heterocycles. The number of hydrogen-bond donors (Lipinski definition) is 0. The third-order valence-electron chi connectivity index (χ3n) is 3.12. The molecule has 0 spiro atoms. The van der Waals surface area contributed by atoms with E-state index in [2.05, 4.69) is 4.98 Å². The number of carbonyl (C=O) groups is 1. The van der Waals surface area contributed by atoms with Gasteiger partial charge in [-0.2, -0.15) is 0 Å². The van der Waals surface area contributed by atoms with Crippen LogP contribution in [0.5, 0.6) is 5.88 Å². The Hall–Kier alpha value is -1.58. The summed E-state index contributed by atoms with van der Waals surface area (Å²) in [6.45, 7) is 7.31. The maximum atomic E-state index is 11.8. The summed E-state index contributed by atoms with van der Waals surface area (Å²) in [4.78, 5) is 17.9. The van der Waals surface area contributed by atoms with E-state index in [4.69, 9.17) is 4.74 Å². The van der Waals surface area contributed by atoms with Gasteiger partial charge in [0.2, 0.25) is 11.8 Å². The summed E-state index contributed by atoms with van der Waals surface area (Å²) < 4.78 is 5.79. The molecule has 1 amide bonds. The number of rotatable bonds is 3. The Kier molecular flexibility index (Phi) is 3.84. The Morgan fingerprint density at radius 1 is 1.50 bits per heavy atom. The molecule has 0 aliphatic carbocycles. The van der Waals surface area contributed by atoms with E-state index >= 15 is 0 Å². The molecule has 4 heteroatoms. The molecule has 1 aromatic rings. The lowest BCUT2D eigenvalue weighted by Crippen LogP contribution is -2.33. The van der Waals surface area contributed by atoms with Gasteiger partial charge in [0.05, 0.1) is 6.54 Å². The van der Waals surface area contributed by atoms with Gasteiger partial charge in [0.15, 0.2) is 0 Å². The quantitative estimate of drug-likeness (QED) is 0.822. The molecule has 0 aromatic carbocycles. The minimum absolute atomic E-state index is 0.0567. The second kappa shape index (κ2) is 5.38. The summed E-state index contributed by atoms with van der Waals surface area (Å²) in [6.07, 6.45) is 2.75. The maximum Gasteiger partial charge on any atom is 0.225 e. The first-order valence-corrected chi connectivity index (χ1v) is 6.44. The van der Waals surface area contributed by atoms with E-state index < -0.39 is 0 Å². The van der Waals surface area contributed by atoms with Crippen LogP contribution in [0.15, 0.2) is 18.3 Å². The first-order valence-electron chi connectivity index (χ1n) is 6.44. The standard InChI is InChI=1S/C14H20N2O2/c1-10(2)14(17)16-7-6-12(9-16)18-13-5-4-11(3)8-15-13/h4-5,8,10,12H,6-7,9H2,1-3H3. The van der Waals surface area contributed by atoms with Crippen LogP contribution in [0.3, 0.4) is 0 Å². The van der Waals surface area contributed by atoms with Crippen molar-refractivity contribution in [1.82, 2.24) is 9.88 Å². The fourth-order valence-corrected chi connectivity index (χ4v) is 2.08. The van der Waals surface area contributed by atoms with E-state index in [1.54, 1.807) is 6.20 Å². The summed E-state index contributed by atoms with van der Waals surface area (Å²) >= 11 is 0. The molecular weight excluding hydrogens is 228 g/mol. The summed E-state index contributed by atoms with van der Waals surface area (Å²) in [5.74, 6) is 0.906. The molecule has 18 heavy (non-hydrogen) atoms. The SMILES string of the molecule is Cc1ccc(OC2CCN(C(=O)C(C)C)C2)nc1. The van der Waals surface area contributed by atoms with E-state index in [-0.39, 0.29) is 17.9 Å². The van der Waals surface area contributed by atoms with Gasteiger partial charge in [-0.15, -0.1) is 0 Å². The number of nitrogens with zero attached hydrogens (tertiary/aromatic N) is 2. The second-order valence-corrected chi connectivity index (χ2v) is 5.14. The predicted octanol–water partition coefficient (Wildman–Crippen LogP) is 2.03. The molecule has 4 nitrogen and oxygen atoms in total. The molecule has 1 saturated heterocycles. The Labute approximate surface area is 108 Å². The zero-order valence-electron chi connectivity index (χ0n) is 11.2. The predicted molar refractivity (Wildman–Crippen MR) is 69.4 cm³/mol. The number of aromatic nitrogens is 1. The van der Waals surface area contributed by atoms with Crippen LogP contribution in [-0.2, 0) is 4.79 Å². The monoisotopic (exact) mass is 248 g/mol. The van der Waals surface area contributed by atoms with Crippen molar-refractivity contribution in [2.75, 3.05) is 13.1 Å². The lowest BCUT2D eigenvalue weighted by atomic mass is 10.2. The lowest BCUT2D eigenvalue weighted by Gasteiger charge is -2.18. The zero-order valence-corrected chi connectivity index (χ0v) is 11.2. The van der Waals surface area contributed by atoms with Crippen molar-refractivity contribution in [1.29, 1.82) is 0 Å².